The van der Waals surface area contributed by atoms with Gasteiger partial charge in [0.2, 0.25) is 5.91 Å². The van der Waals surface area contributed by atoms with Crippen molar-refractivity contribution in [3.05, 3.63) is 41.6 Å². The standard InChI is InChI=1S/C23H29N5O.2ClH/c24-18-11-14-28(15-18)23(29)17-9-12-27(13-10-17)22-19-7-4-8-20(19)25-21(26-22)16-5-2-1-3-6-16;;/h1-3,5-6,17-18H,4,7-15,24H2;2*1H. The quantitative estimate of drug-likeness (QED) is 0.755. The number of halogens is 2. The maximum atomic E-state index is 12.8. The second kappa shape index (κ2) is 10.2. The van der Waals surface area contributed by atoms with Gasteiger partial charge < -0.3 is 15.5 Å². The molecule has 31 heavy (non-hydrogen) atoms. The molecule has 6 nitrogen and oxygen atoms in total. The van der Waals surface area contributed by atoms with Crippen LogP contribution in [0.3, 0.4) is 0 Å². The van der Waals surface area contributed by atoms with Crippen LogP contribution < -0.4 is 10.6 Å². The molecule has 0 bridgehead atoms. The molecule has 3 heterocycles. The van der Waals surface area contributed by atoms with Gasteiger partial charge >= 0.3 is 0 Å². The highest BCUT2D eigenvalue weighted by molar-refractivity contribution is 5.85. The minimum atomic E-state index is 0. The molecule has 0 saturated carbocycles. The topological polar surface area (TPSA) is 75.3 Å². The normalized spacial score (nSPS) is 20.7. The third-order valence-corrected chi connectivity index (χ3v) is 6.62. The lowest BCUT2D eigenvalue weighted by molar-refractivity contribution is -0.135. The van der Waals surface area contributed by atoms with Crippen molar-refractivity contribution in [1.82, 2.24) is 14.9 Å². The van der Waals surface area contributed by atoms with Crippen LogP contribution in [0.15, 0.2) is 30.3 Å². The number of nitrogens with zero attached hydrogens (tertiary/aromatic N) is 4. The van der Waals surface area contributed by atoms with Crippen molar-refractivity contribution in [2.75, 3.05) is 31.1 Å². The van der Waals surface area contributed by atoms with Crippen LogP contribution in [-0.4, -0.2) is 53.0 Å². The van der Waals surface area contributed by atoms with E-state index in [4.69, 9.17) is 15.7 Å². The fourth-order valence-electron chi connectivity index (χ4n) is 4.97. The molecule has 2 aromatic rings. The number of anilines is 1. The van der Waals surface area contributed by atoms with Gasteiger partial charge in [0.05, 0.1) is 0 Å². The lowest BCUT2D eigenvalue weighted by Gasteiger charge is -2.35. The molecule has 5 rings (SSSR count). The zero-order valence-electron chi connectivity index (χ0n) is 17.7. The van der Waals surface area contributed by atoms with E-state index >= 15 is 0 Å². The number of amides is 1. The maximum Gasteiger partial charge on any atom is 0.225 e. The minimum Gasteiger partial charge on any atom is -0.356 e. The number of nitrogens with two attached hydrogens (primary N) is 1. The SMILES string of the molecule is Cl.Cl.NC1CCN(C(=O)C2CCN(c3nc(-c4ccccc4)nc4c3CCC4)CC2)C1. The third kappa shape index (κ3) is 4.81. The molecule has 1 aromatic carbocycles. The molecule has 1 unspecified atom stereocenters. The summed E-state index contributed by atoms with van der Waals surface area (Å²) in [7, 11) is 0. The van der Waals surface area contributed by atoms with Crippen LogP contribution in [0.1, 0.15) is 36.9 Å². The van der Waals surface area contributed by atoms with Crippen LogP contribution in [-0.2, 0) is 17.6 Å². The fraction of sp³-hybridized carbons (Fsp3) is 0.522. The highest BCUT2D eigenvalue weighted by Crippen LogP contribution is 2.34. The number of aryl methyl sites for hydroxylation is 1. The summed E-state index contributed by atoms with van der Waals surface area (Å²) in [5, 5.41) is 0. The third-order valence-electron chi connectivity index (χ3n) is 6.62. The number of fused-ring (bicyclic) bond motifs is 1. The van der Waals surface area contributed by atoms with E-state index in [1.807, 2.05) is 23.1 Å². The Morgan fingerprint density at radius 3 is 2.39 bits per heavy atom. The highest BCUT2D eigenvalue weighted by Gasteiger charge is 2.33. The first-order chi connectivity index (χ1) is 14.2. The first-order valence-electron chi connectivity index (χ1n) is 10.9. The molecule has 3 aliphatic rings. The van der Waals surface area contributed by atoms with Crippen molar-refractivity contribution >= 4 is 36.5 Å². The van der Waals surface area contributed by atoms with Gasteiger partial charge in [0.25, 0.3) is 0 Å². The van der Waals surface area contributed by atoms with Gasteiger partial charge in [-0.2, -0.15) is 0 Å². The second-order valence-electron chi connectivity index (χ2n) is 8.61. The molecule has 2 fully saturated rings. The predicted octanol–water partition coefficient (Wildman–Crippen LogP) is 3.25. The van der Waals surface area contributed by atoms with E-state index in [-0.39, 0.29) is 36.8 Å². The van der Waals surface area contributed by atoms with Gasteiger partial charge in [-0.25, -0.2) is 9.97 Å². The molecular formula is C23H31Cl2N5O. The summed E-state index contributed by atoms with van der Waals surface area (Å²) in [6.07, 6.45) is 5.96. The van der Waals surface area contributed by atoms with Crippen molar-refractivity contribution in [2.24, 2.45) is 11.7 Å². The molecule has 2 N–H and O–H groups in total. The number of aromatic nitrogens is 2. The van der Waals surface area contributed by atoms with Crippen molar-refractivity contribution < 1.29 is 4.79 Å². The molecule has 168 valence electrons. The first-order valence-corrected chi connectivity index (χ1v) is 10.9. The Kier molecular flexibility index (Phi) is 7.78. The van der Waals surface area contributed by atoms with E-state index in [1.54, 1.807) is 0 Å². The molecule has 0 spiro atoms. The van der Waals surface area contributed by atoms with E-state index in [0.717, 1.165) is 81.9 Å². The number of hydrogen-bond donors (Lipinski definition) is 1. The Balaban J connectivity index is 0.00000136. The van der Waals surface area contributed by atoms with Crippen molar-refractivity contribution in [2.45, 2.75) is 44.6 Å². The number of likely N-dealkylation sites (tertiary alicyclic amines) is 1. The van der Waals surface area contributed by atoms with Crippen LogP contribution in [0.2, 0.25) is 0 Å². The Morgan fingerprint density at radius 2 is 1.71 bits per heavy atom. The van der Waals surface area contributed by atoms with Crippen molar-refractivity contribution in [1.29, 1.82) is 0 Å². The first kappa shape index (κ1) is 23.8. The number of piperidine rings is 1. The van der Waals surface area contributed by atoms with Gasteiger partial charge in [-0.3, -0.25) is 4.79 Å². The summed E-state index contributed by atoms with van der Waals surface area (Å²) in [5.74, 6) is 2.35. The average molecular weight is 464 g/mol. The molecule has 1 atom stereocenters. The summed E-state index contributed by atoms with van der Waals surface area (Å²) in [5.41, 5.74) is 9.58. The summed E-state index contributed by atoms with van der Waals surface area (Å²) in [4.78, 5) is 27.1. The van der Waals surface area contributed by atoms with Crippen LogP contribution in [0, 0.1) is 5.92 Å². The zero-order valence-corrected chi connectivity index (χ0v) is 19.3. The van der Waals surface area contributed by atoms with E-state index in [2.05, 4.69) is 17.0 Å². The largest absolute Gasteiger partial charge is 0.356 e. The van der Waals surface area contributed by atoms with Crippen LogP contribution in [0.5, 0.6) is 0 Å². The lowest BCUT2D eigenvalue weighted by Crippen LogP contribution is -2.43. The molecule has 2 saturated heterocycles. The summed E-state index contributed by atoms with van der Waals surface area (Å²) >= 11 is 0. The van der Waals surface area contributed by atoms with E-state index in [9.17, 15) is 4.79 Å². The Labute approximate surface area is 196 Å². The summed E-state index contributed by atoms with van der Waals surface area (Å²) < 4.78 is 0. The average Bonchev–Trinajstić information content (AvgIpc) is 3.42. The van der Waals surface area contributed by atoms with Crippen LogP contribution in [0.4, 0.5) is 5.82 Å². The predicted molar refractivity (Wildman–Crippen MR) is 128 cm³/mol. The number of rotatable bonds is 3. The molecule has 1 aromatic heterocycles. The molecule has 1 aliphatic carbocycles. The van der Waals surface area contributed by atoms with Gasteiger partial charge in [0.15, 0.2) is 5.82 Å². The molecule has 0 radical (unpaired) electrons. The molecular weight excluding hydrogens is 433 g/mol. The van der Waals surface area contributed by atoms with Crippen LogP contribution in [0.25, 0.3) is 11.4 Å². The van der Waals surface area contributed by atoms with Gasteiger partial charge in [-0.05, 0) is 38.5 Å². The minimum absolute atomic E-state index is 0. The molecule has 8 heteroatoms. The Hall–Kier alpha value is -1.89. The zero-order chi connectivity index (χ0) is 19.8. The highest BCUT2D eigenvalue weighted by atomic mass is 35.5. The number of benzene rings is 1. The van der Waals surface area contributed by atoms with Crippen LogP contribution >= 0.6 is 24.8 Å². The van der Waals surface area contributed by atoms with Crippen molar-refractivity contribution in [3.8, 4) is 11.4 Å². The van der Waals surface area contributed by atoms with Gasteiger partial charge in [0.1, 0.15) is 5.82 Å². The molecule has 1 amide bonds. The van der Waals surface area contributed by atoms with E-state index in [1.165, 1.54) is 11.3 Å². The van der Waals surface area contributed by atoms with E-state index < -0.39 is 0 Å². The van der Waals surface area contributed by atoms with Crippen molar-refractivity contribution in [3.63, 3.8) is 0 Å². The Bertz CT molecular complexity index is 902. The molecule has 2 aliphatic heterocycles. The Morgan fingerprint density at radius 1 is 0.968 bits per heavy atom. The van der Waals surface area contributed by atoms with Gasteiger partial charge in [-0.1, -0.05) is 30.3 Å². The maximum absolute atomic E-state index is 12.8. The summed E-state index contributed by atoms with van der Waals surface area (Å²) in [6, 6.07) is 10.4. The summed E-state index contributed by atoms with van der Waals surface area (Å²) in [6.45, 7) is 3.31. The van der Waals surface area contributed by atoms with Gasteiger partial charge in [-0.15, -0.1) is 24.8 Å². The van der Waals surface area contributed by atoms with E-state index in [0.29, 0.717) is 5.91 Å². The lowest BCUT2D eigenvalue weighted by atomic mass is 9.95. The number of carbonyl (C=O) groups excluding carboxylic acids is 1. The fourth-order valence-corrected chi connectivity index (χ4v) is 4.97. The number of carbonyl (C=O) groups is 1. The van der Waals surface area contributed by atoms with Gasteiger partial charge in [0, 0.05) is 55.0 Å². The monoisotopic (exact) mass is 463 g/mol. The smallest absolute Gasteiger partial charge is 0.225 e. The second-order valence-corrected chi connectivity index (χ2v) is 8.61. The number of hydrogen-bond acceptors (Lipinski definition) is 5.